The average molecular weight is 197 g/mol. The molecule has 0 heterocycles. The minimum Gasteiger partial charge on any atom is -0.298 e. The van der Waals surface area contributed by atoms with Gasteiger partial charge < -0.3 is 0 Å². The van der Waals surface area contributed by atoms with Crippen molar-refractivity contribution in [1.29, 1.82) is 0 Å². The average Bonchev–Trinajstić information content (AvgIpc) is 2.82. The van der Waals surface area contributed by atoms with E-state index in [2.05, 4.69) is 39.6 Å². The van der Waals surface area contributed by atoms with Crippen LogP contribution in [0.25, 0.3) is 0 Å². The molecular weight excluding hydrogens is 174 g/mol. The van der Waals surface area contributed by atoms with Crippen LogP contribution in [0.15, 0.2) is 0 Å². The molecule has 1 fully saturated rings. The Bertz CT molecular complexity index is 213. The fourth-order valence-corrected chi connectivity index (χ4v) is 1.58. The number of nitrogens with zero attached hydrogens (tertiary/aromatic N) is 1. The SMILES string of the molecule is CC(N(C)CC(=O)C1CC1)C(C)(C)C. The topological polar surface area (TPSA) is 20.3 Å². The monoisotopic (exact) mass is 197 g/mol. The third kappa shape index (κ3) is 3.09. The van der Waals surface area contributed by atoms with Gasteiger partial charge in [-0.05, 0) is 32.2 Å². The number of likely N-dealkylation sites (N-methyl/N-ethyl adjacent to an activating group) is 1. The van der Waals surface area contributed by atoms with E-state index in [1.54, 1.807) is 0 Å². The van der Waals surface area contributed by atoms with Crippen molar-refractivity contribution in [2.45, 2.75) is 46.6 Å². The maximum absolute atomic E-state index is 11.6. The molecule has 0 aliphatic heterocycles. The van der Waals surface area contributed by atoms with Gasteiger partial charge in [-0.2, -0.15) is 0 Å². The molecule has 1 atom stereocenters. The van der Waals surface area contributed by atoms with Gasteiger partial charge in [0.25, 0.3) is 0 Å². The van der Waals surface area contributed by atoms with Gasteiger partial charge in [-0.15, -0.1) is 0 Å². The van der Waals surface area contributed by atoms with Crippen LogP contribution in [0.3, 0.4) is 0 Å². The molecule has 0 bridgehead atoms. The van der Waals surface area contributed by atoms with Gasteiger partial charge >= 0.3 is 0 Å². The fourth-order valence-electron chi connectivity index (χ4n) is 1.58. The third-order valence-corrected chi connectivity index (χ3v) is 3.35. The largest absolute Gasteiger partial charge is 0.298 e. The second kappa shape index (κ2) is 4.01. The van der Waals surface area contributed by atoms with Gasteiger partial charge in [-0.25, -0.2) is 0 Å². The van der Waals surface area contributed by atoms with Gasteiger partial charge in [0.1, 0.15) is 5.78 Å². The van der Waals surface area contributed by atoms with E-state index in [1.807, 2.05) is 0 Å². The summed E-state index contributed by atoms with van der Waals surface area (Å²) < 4.78 is 0. The van der Waals surface area contributed by atoms with Crippen LogP contribution in [-0.2, 0) is 4.79 Å². The molecule has 0 spiro atoms. The van der Waals surface area contributed by atoms with E-state index in [9.17, 15) is 4.79 Å². The lowest BCUT2D eigenvalue weighted by Crippen LogP contribution is -2.42. The number of hydrogen-bond acceptors (Lipinski definition) is 2. The Morgan fingerprint density at radius 1 is 1.43 bits per heavy atom. The second-order valence-corrected chi connectivity index (χ2v) is 5.70. The van der Waals surface area contributed by atoms with E-state index < -0.39 is 0 Å². The fraction of sp³-hybridized carbons (Fsp3) is 0.917. The van der Waals surface area contributed by atoms with E-state index >= 15 is 0 Å². The zero-order valence-electron chi connectivity index (χ0n) is 10.1. The minimum atomic E-state index is 0.249. The zero-order valence-corrected chi connectivity index (χ0v) is 10.1. The van der Waals surface area contributed by atoms with Gasteiger partial charge in [0, 0.05) is 12.0 Å². The Hall–Kier alpha value is -0.370. The molecule has 1 rings (SSSR count). The van der Waals surface area contributed by atoms with Crippen molar-refractivity contribution in [2.24, 2.45) is 11.3 Å². The van der Waals surface area contributed by atoms with Crippen molar-refractivity contribution in [3.63, 3.8) is 0 Å². The summed E-state index contributed by atoms with van der Waals surface area (Å²) in [6.07, 6.45) is 2.24. The molecule has 0 aromatic carbocycles. The molecule has 1 saturated carbocycles. The van der Waals surface area contributed by atoms with Crippen LogP contribution in [0.5, 0.6) is 0 Å². The first-order chi connectivity index (χ1) is 6.32. The predicted molar refractivity (Wildman–Crippen MR) is 59.3 cm³/mol. The van der Waals surface area contributed by atoms with Crippen molar-refractivity contribution in [3.05, 3.63) is 0 Å². The van der Waals surface area contributed by atoms with Crippen LogP contribution in [0.4, 0.5) is 0 Å². The van der Waals surface area contributed by atoms with Gasteiger partial charge in [-0.1, -0.05) is 20.8 Å². The lowest BCUT2D eigenvalue weighted by atomic mass is 9.87. The van der Waals surface area contributed by atoms with E-state index in [0.717, 1.165) is 12.8 Å². The highest BCUT2D eigenvalue weighted by atomic mass is 16.1. The summed E-state index contributed by atoms with van der Waals surface area (Å²) in [4.78, 5) is 13.8. The van der Waals surface area contributed by atoms with Crippen LogP contribution in [0, 0.1) is 11.3 Å². The molecule has 2 nitrogen and oxygen atoms in total. The van der Waals surface area contributed by atoms with Gasteiger partial charge in [0.15, 0.2) is 0 Å². The zero-order chi connectivity index (χ0) is 10.9. The van der Waals surface area contributed by atoms with Crippen molar-refractivity contribution in [1.82, 2.24) is 4.90 Å². The molecule has 14 heavy (non-hydrogen) atoms. The molecular formula is C12H23NO. The minimum absolute atomic E-state index is 0.249. The Balaban J connectivity index is 2.40. The van der Waals surface area contributed by atoms with Crippen molar-refractivity contribution in [2.75, 3.05) is 13.6 Å². The molecule has 1 unspecified atom stereocenters. The molecule has 1 aliphatic rings. The van der Waals surface area contributed by atoms with Crippen LogP contribution in [0.1, 0.15) is 40.5 Å². The first-order valence-corrected chi connectivity index (χ1v) is 5.55. The van der Waals surface area contributed by atoms with E-state index in [1.165, 1.54) is 0 Å². The maximum atomic E-state index is 11.6. The summed E-state index contributed by atoms with van der Waals surface area (Å²) in [6.45, 7) is 9.48. The van der Waals surface area contributed by atoms with E-state index in [0.29, 0.717) is 24.3 Å². The van der Waals surface area contributed by atoms with Crippen LogP contribution < -0.4 is 0 Å². The highest BCUT2D eigenvalue weighted by molar-refractivity contribution is 5.84. The quantitative estimate of drug-likeness (QED) is 0.689. The Kier molecular flexibility index (Phi) is 3.36. The number of carbonyl (C=O) groups is 1. The van der Waals surface area contributed by atoms with Crippen LogP contribution >= 0.6 is 0 Å². The Morgan fingerprint density at radius 2 is 1.93 bits per heavy atom. The van der Waals surface area contributed by atoms with Crippen LogP contribution in [-0.4, -0.2) is 30.3 Å². The normalized spacial score (nSPS) is 19.9. The molecule has 0 aromatic rings. The molecule has 2 heteroatoms. The first kappa shape index (κ1) is 11.7. The van der Waals surface area contributed by atoms with E-state index in [-0.39, 0.29) is 5.41 Å². The summed E-state index contributed by atoms with van der Waals surface area (Å²) in [5, 5.41) is 0. The molecule has 1 aliphatic carbocycles. The smallest absolute Gasteiger partial charge is 0.149 e. The first-order valence-electron chi connectivity index (χ1n) is 5.55. The summed E-state index contributed by atoms with van der Waals surface area (Å²) >= 11 is 0. The second-order valence-electron chi connectivity index (χ2n) is 5.70. The highest BCUT2D eigenvalue weighted by Crippen LogP contribution is 2.31. The van der Waals surface area contributed by atoms with Gasteiger partial charge in [-0.3, -0.25) is 9.69 Å². The van der Waals surface area contributed by atoms with Crippen molar-refractivity contribution >= 4 is 5.78 Å². The third-order valence-electron chi connectivity index (χ3n) is 3.35. The predicted octanol–water partition coefficient (Wildman–Crippen LogP) is 2.33. The number of ketones is 1. The van der Waals surface area contributed by atoms with Gasteiger partial charge in [0.2, 0.25) is 0 Å². The number of hydrogen-bond donors (Lipinski definition) is 0. The summed E-state index contributed by atoms with van der Waals surface area (Å²) in [5.41, 5.74) is 0.249. The molecule has 82 valence electrons. The highest BCUT2D eigenvalue weighted by Gasteiger charge is 2.32. The molecule has 0 amide bonds. The number of rotatable bonds is 4. The van der Waals surface area contributed by atoms with Crippen LogP contribution in [0.2, 0.25) is 0 Å². The van der Waals surface area contributed by atoms with E-state index in [4.69, 9.17) is 0 Å². The van der Waals surface area contributed by atoms with Crippen molar-refractivity contribution < 1.29 is 4.79 Å². The number of carbonyl (C=O) groups excluding carboxylic acids is 1. The summed E-state index contributed by atoms with van der Waals surface area (Å²) in [6, 6.07) is 0.449. The molecule has 0 aromatic heterocycles. The lowest BCUT2D eigenvalue weighted by Gasteiger charge is -2.35. The molecule has 0 N–H and O–H groups in total. The maximum Gasteiger partial charge on any atom is 0.149 e. The number of Topliss-reactive ketones (excluding diaryl/α,β-unsaturated/α-hetero) is 1. The summed E-state index contributed by atoms with van der Waals surface area (Å²) in [5.74, 6) is 0.827. The van der Waals surface area contributed by atoms with Crippen molar-refractivity contribution in [3.8, 4) is 0 Å². The molecule has 0 radical (unpaired) electrons. The standard InChI is InChI=1S/C12H23NO/c1-9(12(2,3)4)13(5)8-11(14)10-6-7-10/h9-10H,6-8H2,1-5H3. The summed E-state index contributed by atoms with van der Waals surface area (Å²) in [7, 11) is 2.05. The molecule has 0 saturated heterocycles. The van der Waals surface area contributed by atoms with Gasteiger partial charge in [0.05, 0.1) is 6.54 Å². The Labute approximate surface area is 87.7 Å². The Morgan fingerprint density at radius 3 is 2.29 bits per heavy atom. The lowest BCUT2D eigenvalue weighted by molar-refractivity contribution is -0.121.